The number of fused-ring (bicyclic) bond motifs is 2. The minimum atomic E-state index is -3.78. The van der Waals surface area contributed by atoms with E-state index in [0.717, 1.165) is 25.3 Å². The maximum absolute atomic E-state index is 12.9. The first-order chi connectivity index (χ1) is 15.0. The van der Waals surface area contributed by atoms with Gasteiger partial charge in [-0.3, -0.25) is 4.72 Å². The summed E-state index contributed by atoms with van der Waals surface area (Å²) < 4.78 is 30.3. The summed E-state index contributed by atoms with van der Waals surface area (Å²) in [4.78, 5) is 5.27. The predicted octanol–water partition coefficient (Wildman–Crippen LogP) is 6.11. The number of sulfonamides is 1. The average molecular weight is 465 g/mol. The number of para-hydroxylation sites is 1. The third-order valence-electron chi connectivity index (χ3n) is 4.71. The standard InChI is InChI=1S/C23H16N2O3S3/c26-20-12-10-17(14-22(20)30-23-24-19-7-3-4-8-21(19)29-23)25-31(27,28)18-11-9-15-5-1-2-6-16(15)13-18/h1-14,25-26H. The van der Waals surface area contributed by atoms with Gasteiger partial charge in [-0.05, 0) is 53.2 Å². The summed E-state index contributed by atoms with van der Waals surface area (Å²) in [5, 5.41) is 12.1. The summed E-state index contributed by atoms with van der Waals surface area (Å²) in [5.74, 6) is 0.0675. The maximum Gasteiger partial charge on any atom is 0.261 e. The third-order valence-corrected chi connectivity index (χ3v) is 8.24. The molecule has 0 atom stereocenters. The van der Waals surface area contributed by atoms with Crippen LogP contribution in [0.2, 0.25) is 0 Å². The van der Waals surface area contributed by atoms with E-state index in [4.69, 9.17) is 0 Å². The highest BCUT2D eigenvalue weighted by atomic mass is 32.2. The molecule has 0 aliphatic heterocycles. The molecule has 0 saturated heterocycles. The monoisotopic (exact) mass is 464 g/mol. The second-order valence-electron chi connectivity index (χ2n) is 6.85. The Kier molecular flexibility index (Phi) is 5.05. The number of hydrogen-bond acceptors (Lipinski definition) is 6. The van der Waals surface area contributed by atoms with Crippen LogP contribution in [-0.2, 0) is 10.0 Å². The molecule has 0 radical (unpaired) electrons. The lowest BCUT2D eigenvalue weighted by Crippen LogP contribution is -2.12. The van der Waals surface area contributed by atoms with E-state index < -0.39 is 10.0 Å². The number of phenolic OH excluding ortho intramolecular Hbond substituents is 1. The van der Waals surface area contributed by atoms with E-state index in [0.29, 0.717) is 10.6 Å². The number of aromatic hydroxyl groups is 1. The molecule has 5 nitrogen and oxygen atoms in total. The van der Waals surface area contributed by atoms with Gasteiger partial charge in [-0.25, -0.2) is 13.4 Å². The first-order valence-corrected chi connectivity index (χ1v) is 12.5. The van der Waals surface area contributed by atoms with Gasteiger partial charge in [0, 0.05) is 0 Å². The first-order valence-electron chi connectivity index (χ1n) is 9.36. The van der Waals surface area contributed by atoms with Crippen LogP contribution in [0.4, 0.5) is 5.69 Å². The smallest absolute Gasteiger partial charge is 0.261 e. The SMILES string of the molecule is O=S(=O)(Nc1ccc(O)c(Sc2nc3ccccc3s2)c1)c1ccc2ccccc2c1. The summed E-state index contributed by atoms with van der Waals surface area (Å²) >= 11 is 2.82. The van der Waals surface area contributed by atoms with Crippen molar-refractivity contribution in [3.05, 3.63) is 84.9 Å². The fourth-order valence-corrected chi connectivity index (χ4v) is 6.37. The second-order valence-corrected chi connectivity index (χ2v) is 10.8. The molecule has 5 rings (SSSR count). The molecule has 0 aliphatic carbocycles. The molecule has 0 unspecified atom stereocenters. The highest BCUT2D eigenvalue weighted by molar-refractivity contribution is 8.01. The fourth-order valence-electron chi connectivity index (χ4n) is 3.20. The van der Waals surface area contributed by atoms with Crippen LogP contribution in [0.3, 0.4) is 0 Å². The lowest BCUT2D eigenvalue weighted by Gasteiger charge is -2.11. The van der Waals surface area contributed by atoms with Crippen LogP contribution in [0, 0.1) is 0 Å². The molecule has 31 heavy (non-hydrogen) atoms. The Hall–Kier alpha value is -3.07. The van der Waals surface area contributed by atoms with Crippen LogP contribution < -0.4 is 4.72 Å². The van der Waals surface area contributed by atoms with E-state index in [-0.39, 0.29) is 10.6 Å². The van der Waals surface area contributed by atoms with Gasteiger partial charge in [0.15, 0.2) is 4.34 Å². The van der Waals surface area contributed by atoms with Crippen LogP contribution in [-0.4, -0.2) is 18.5 Å². The molecule has 0 fully saturated rings. The van der Waals surface area contributed by atoms with Crippen molar-refractivity contribution >= 4 is 59.8 Å². The van der Waals surface area contributed by atoms with Gasteiger partial charge >= 0.3 is 0 Å². The Morgan fingerprint density at radius 1 is 0.871 bits per heavy atom. The van der Waals surface area contributed by atoms with Gasteiger partial charge in [0.1, 0.15) is 5.75 Å². The quantitative estimate of drug-likeness (QED) is 0.307. The van der Waals surface area contributed by atoms with Crippen LogP contribution in [0.1, 0.15) is 0 Å². The second kappa shape index (κ2) is 7.88. The van der Waals surface area contributed by atoms with Crippen molar-refractivity contribution < 1.29 is 13.5 Å². The number of nitrogens with zero attached hydrogens (tertiary/aromatic N) is 1. The lowest BCUT2D eigenvalue weighted by atomic mass is 10.1. The normalized spacial score (nSPS) is 11.7. The molecule has 1 aromatic heterocycles. The number of hydrogen-bond donors (Lipinski definition) is 2. The van der Waals surface area contributed by atoms with Gasteiger partial charge in [0.05, 0.1) is 25.7 Å². The molecule has 4 aromatic carbocycles. The number of rotatable bonds is 5. The molecular weight excluding hydrogens is 448 g/mol. The van der Waals surface area contributed by atoms with E-state index >= 15 is 0 Å². The molecule has 8 heteroatoms. The molecule has 5 aromatic rings. The predicted molar refractivity (Wildman–Crippen MR) is 127 cm³/mol. The number of aromatic nitrogens is 1. The summed E-state index contributed by atoms with van der Waals surface area (Å²) in [7, 11) is -3.78. The summed E-state index contributed by atoms with van der Waals surface area (Å²) in [5.41, 5.74) is 1.26. The summed E-state index contributed by atoms with van der Waals surface area (Å²) in [6.07, 6.45) is 0. The van der Waals surface area contributed by atoms with Crippen molar-refractivity contribution in [3.8, 4) is 5.75 Å². The Labute approximate surface area is 187 Å². The Morgan fingerprint density at radius 2 is 1.65 bits per heavy atom. The third kappa shape index (κ3) is 4.10. The van der Waals surface area contributed by atoms with Crippen LogP contribution in [0.25, 0.3) is 21.0 Å². The number of nitrogens with one attached hydrogen (secondary N) is 1. The maximum atomic E-state index is 12.9. The van der Waals surface area contributed by atoms with Gasteiger partial charge in [-0.2, -0.15) is 0 Å². The first kappa shape index (κ1) is 19.9. The zero-order chi connectivity index (χ0) is 21.4. The number of phenols is 1. The van der Waals surface area contributed by atoms with E-state index in [1.807, 2.05) is 48.5 Å². The van der Waals surface area contributed by atoms with E-state index in [1.165, 1.54) is 35.2 Å². The van der Waals surface area contributed by atoms with E-state index in [9.17, 15) is 13.5 Å². The molecular formula is C23H16N2O3S3. The molecule has 154 valence electrons. The fraction of sp³-hybridized carbons (Fsp3) is 0. The van der Waals surface area contributed by atoms with Crippen LogP contribution in [0.15, 0.2) is 99.1 Å². The highest BCUT2D eigenvalue weighted by Gasteiger charge is 2.16. The van der Waals surface area contributed by atoms with Crippen molar-refractivity contribution in [1.82, 2.24) is 4.98 Å². The van der Waals surface area contributed by atoms with Crippen LogP contribution >= 0.6 is 23.1 Å². The lowest BCUT2D eigenvalue weighted by molar-refractivity contribution is 0.462. The van der Waals surface area contributed by atoms with Gasteiger partial charge < -0.3 is 5.11 Å². The minimum Gasteiger partial charge on any atom is -0.507 e. The van der Waals surface area contributed by atoms with Crippen molar-refractivity contribution in [2.75, 3.05) is 4.72 Å². The molecule has 0 amide bonds. The van der Waals surface area contributed by atoms with Crippen LogP contribution in [0.5, 0.6) is 5.75 Å². The van der Waals surface area contributed by atoms with Gasteiger partial charge in [0.2, 0.25) is 0 Å². The topological polar surface area (TPSA) is 79.3 Å². The zero-order valence-electron chi connectivity index (χ0n) is 16.0. The Bertz CT molecular complexity index is 1490. The number of thiazole rings is 1. The highest BCUT2D eigenvalue weighted by Crippen LogP contribution is 2.39. The Morgan fingerprint density at radius 3 is 2.48 bits per heavy atom. The molecule has 0 spiro atoms. The molecule has 0 bridgehead atoms. The Balaban J connectivity index is 1.43. The zero-order valence-corrected chi connectivity index (χ0v) is 18.5. The molecule has 0 saturated carbocycles. The van der Waals surface area contributed by atoms with Gasteiger partial charge in [-0.15, -0.1) is 11.3 Å². The molecule has 1 heterocycles. The van der Waals surface area contributed by atoms with Gasteiger partial charge in [-0.1, -0.05) is 54.2 Å². The average Bonchev–Trinajstić information content (AvgIpc) is 3.18. The van der Waals surface area contributed by atoms with Crippen molar-refractivity contribution in [2.24, 2.45) is 0 Å². The molecule has 2 N–H and O–H groups in total. The minimum absolute atomic E-state index is 0.0675. The van der Waals surface area contributed by atoms with Crippen molar-refractivity contribution in [2.45, 2.75) is 14.1 Å². The number of anilines is 1. The van der Waals surface area contributed by atoms with E-state index in [2.05, 4.69) is 9.71 Å². The van der Waals surface area contributed by atoms with E-state index in [1.54, 1.807) is 24.3 Å². The van der Waals surface area contributed by atoms with Crippen molar-refractivity contribution in [1.29, 1.82) is 0 Å². The molecule has 0 aliphatic rings. The van der Waals surface area contributed by atoms with Crippen molar-refractivity contribution in [3.63, 3.8) is 0 Å². The van der Waals surface area contributed by atoms with Gasteiger partial charge in [0.25, 0.3) is 10.0 Å². The summed E-state index contributed by atoms with van der Waals surface area (Å²) in [6, 6.07) is 25.1. The largest absolute Gasteiger partial charge is 0.507 e. The number of benzene rings is 4. The summed E-state index contributed by atoms with van der Waals surface area (Å²) in [6.45, 7) is 0.